The highest BCUT2D eigenvalue weighted by atomic mass is 16.2. The number of amides is 2. The van der Waals surface area contributed by atoms with Crippen LogP contribution >= 0.6 is 0 Å². The van der Waals surface area contributed by atoms with Gasteiger partial charge in [-0.3, -0.25) is 19.4 Å². The number of hydrogen-bond donors (Lipinski definition) is 1. The molecule has 1 saturated carbocycles. The van der Waals surface area contributed by atoms with Crippen molar-refractivity contribution in [3.63, 3.8) is 0 Å². The number of anilines is 3. The van der Waals surface area contributed by atoms with Gasteiger partial charge < -0.3 is 5.32 Å². The predicted octanol–water partition coefficient (Wildman–Crippen LogP) is 4.36. The molecular weight excluding hydrogens is 388 g/mol. The number of para-hydroxylation sites is 1. The molecule has 0 atom stereocenters. The van der Waals surface area contributed by atoms with Crippen LogP contribution in [0.1, 0.15) is 55.3 Å². The lowest BCUT2D eigenvalue weighted by Crippen LogP contribution is -2.33. The van der Waals surface area contributed by atoms with Crippen LogP contribution in [0.5, 0.6) is 0 Å². The molecule has 0 unspecified atom stereocenters. The molecule has 6 heteroatoms. The van der Waals surface area contributed by atoms with Gasteiger partial charge in [0.15, 0.2) is 5.82 Å². The molecular formula is C25H28N4O2. The lowest BCUT2D eigenvalue weighted by Gasteiger charge is -2.29. The average Bonchev–Trinajstić information content (AvgIpc) is 2.93. The van der Waals surface area contributed by atoms with Gasteiger partial charge in [0.2, 0.25) is 5.91 Å². The van der Waals surface area contributed by atoms with Crippen LogP contribution in [0.2, 0.25) is 0 Å². The van der Waals surface area contributed by atoms with E-state index in [9.17, 15) is 9.59 Å². The molecule has 2 amide bonds. The summed E-state index contributed by atoms with van der Waals surface area (Å²) < 4.78 is 0. The van der Waals surface area contributed by atoms with Crippen molar-refractivity contribution in [1.29, 1.82) is 0 Å². The monoisotopic (exact) mass is 416 g/mol. The van der Waals surface area contributed by atoms with Crippen molar-refractivity contribution >= 4 is 29.0 Å². The standard InChI is InChI=1S/C25H28N4O2/c1-28(19-11-4-2-5-12-19)18-9-3-6-16-23(30)29-22-15-8-7-13-20(22)25(31)27-21-14-10-17-26-24(21)29/h7-8,10,13-15,17,19H,2,4-6,11-12,16,18H2,1H3,(H,27,31). The smallest absolute Gasteiger partial charge is 0.257 e. The normalized spacial score (nSPS) is 15.9. The zero-order valence-corrected chi connectivity index (χ0v) is 17.9. The fourth-order valence-corrected chi connectivity index (χ4v) is 4.29. The third-order valence-corrected chi connectivity index (χ3v) is 6.00. The second kappa shape index (κ2) is 9.76. The minimum absolute atomic E-state index is 0.126. The van der Waals surface area contributed by atoms with Gasteiger partial charge in [0, 0.05) is 25.1 Å². The van der Waals surface area contributed by atoms with Crippen LogP contribution in [0.15, 0.2) is 42.6 Å². The van der Waals surface area contributed by atoms with Crippen molar-refractivity contribution in [1.82, 2.24) is 9.88 Å². The Labute approximate surface area is 183 Å². The van der Waals surface area contributed by atoms with E-state index in [1.54, 1.807) is 41.4 Å². The number of aromatic nitrogens is 1. The van der Waals surface area contributed by atoms with E-state index in [1.807, 2.05) is 6.07 Å². The van der Waals surface area contributed by atoms with Crippen LogP contribution in [0.4, 0.5) is 17.2 Å². The lowest BCUT2D eigenvalue weighted by atomic mass is 9.94. The van der Waals surface area contributed by atoms with Crippen LogP contribution in [-0.4, -0.2) is 41.3 Å². The van der Waals surface area contributed by atoms with Gasteiger partial charge in [-0.25, -0.2) is 4.98 Å². The first-order valence-electron chi connectivity index (χ1n) is 11.0. The molecule has 2 aliphatic rings. The Bertz CT molecular complexity index is 1020. The number of hydrogen-bond acceptors (Lipinski definition) is 4. The van der Waals surface area contributed by atoms with Crippen LogP contribution < -0.4 is 10.2 Å². The maximum atomic E-state index is 13.2. The molecule has 4 rings (SSSR count). The third-order valence-electron chi connectivity index (χ3n) is 6.00. The van der Waals surface area contributed by atoms with Gasteiger partial charge in [0.1, 0.15) is 0 Å². The number of fused-ring (bicyclic) bond motifs is 2. The molecule has 160 valence electrons. The Morgan fingerprint density at radius 3 is 2.81 bits per heavy atom. The van der Waals surface area contributed by atoms with Crippen LogP contribution in [0.25, 0.3) is 0 Å². The molecule has 31 heavy (non-hydrogen) atoms. The van der Waals surface area contributed by atoms with Gasteiger partial charge in [-0.1, -0.05) is 37.3 Å². The fraction of sp³-hybridized carbons (Fsp3) is 0.400. The van der Waals surface area contributed by atoms with Crippen molar-refractivity contribution in [2.75, 3.05) is 23.8 Å². The molecule has 1 aliphatic carbocycles. The summed E-state index contributed by atoms with van der Waals surface area (Å²) >= 11 is 0. The first-order valence-corrected chi connectivity index (χ1v) is 11.0. The highest BCUT2D eigenvalue weighted by Gasteiger charge is 2.29. The largest absolute Gasteiger partial charge is 0.319 e. The summed E-state index contributed by atoms with van der Waals surface area (Å²) in [5.74, 6) is 6.45. The van der Waals surface area contributed by atoms with Crippen molar-refractivity contribution in [3.05, 3.63) is 48.2 Å². The zero-order chi connectivity index (χ0) is 21.6. The van der Waals surface area contributed by atoms with E-state index in [0.29, 0.717) is 35.2 Å². The minimum atomic E-state index is -0.245. The van der Waals surface area contributed by atoms with Gasteiger partial charge in [-0.2, -0.15) is 0 Å². The number of nitrogens with one attached hydrogen (secondary N) is 1. The summed E-state index contributed by atoms with van der Waals surface area (Å²) in [6, 6.07) is 11.2. The van der Waals surface area contributed by atoms with Crippen molar-refractivity contribution in [2.45, 2.75) is 51.0 Å². The molecule has 2 aromatic rings. The molecule has 1 fully saturated rings. The third kappa shape index (κ3) is 4.78. The molecule has 0 saturated heterocycles. The number of nitrogens with zero attached hydrogens (tertiary/aromatic N) is 3. The van der Waals surface area contributed by atoms with E-state index in [4.69, 9.17) is 0 Å². The number of carbonyl (C=O) groups excluding carboxylic acids is 2. The van der Waals surface area contributed by atoms with Crippen LogP contribution in [-0.2, 0) is 4.79 Å². The molecule has 0 radical (unpaired) electrons. The fourth-order valence-electron chi connectivity index (χ4n) is 4.29. The van der Waals surface area contributed by atoms with Crippen molar-refractivity contribution in [3.8, 4) is 11.8 Å². The molecule has 1 aliphatic heterocycles. The molecule has 1 N–H and O–H groups in total. The summed E-state index contributed by atoms with van der Waals surface area (Å²) in [5.41, 5.74) is 1.53. The summed E-state index contributed by atoms with van der Waals surface area (Å²) in [6.07, 6.45) is 8.83. The molecule has 1 aromatic carbocycles. The van der Waals surface area contributed by atoms with E-state index in [1.165, 1.54) is 32.1 Å². The van der Waals surface area contributed by atoms with Crippen LogP contribution in [0.3, 0.4) is 0 Å². The average molecular weight is 417 g/mol. The van der Waals surface area contributed by atoms with Gasteiger partial charge in [0.25, 0.3) is 5.91 Å². The molecule has 2 heterocycles. The van der Waals surface area contributed by atoms with Gasteiger partial charge in [-0.15, -0.1) is 5.92 Å². The Morgan fingerprint density at radius 2 is 1.97 bits per heavy atom. The highest BCUT2D eigenvalue weighted by Crippen LogP contribution is 2.36. The molecule has 6 nitrogen and oxygen atoms in total. The van der Waals surface area contributed by atoms with E-state index in [-0.39, 0.29) is 18.2 Å². The Kier molecular flexibility index (Phi) is 6.63. The van der Waals surface area contributed by atoms with Crippen LogP contribution in [0, 0.1) is 11.8 Å². The molecule has 0 bridgehead atoms. The number of benzene rings is 1. The van der Waals surface area contributed by atoms with E-state index in [0.717, 1.165) is 6.54 Å². The van der Waals surface area contributed by atoms with Crippen molar-refractivity contribution < 1.29 is 9.59 Å². The number of rotatable bonds is 4. The first kappa shape index (κ1) is 21.1. The predicted molar refractivity (Wildman–Crippen MR) is 122 cm³/mol. The van der Waals surface area contributed by atoms with Gasteiger partial charge in [0.05, 0.1) is 23.5 Å². The molecule has 1 aromatic heterocycles. The minimum Gasteiger partial charge on any atom is -0.319 e. The Morgan fingerprint density at radius 1 is 1.16 bits per heavy atom. The Hall–Kier alpha value is -3.17. The Balaban J connectivity index is 1.45. The van der Waals surface area contributed by atoms with E-state index in [2.05, 4.69) is 34.1 Å². The topological polar surface area (TPSA) is 65.5 Å². The second-order valence-corrected chi connectivity index (χ2v) is 8.14. The maximum absolute atomic E-state index is 13.2. The lowest BCUT2D eigenvalue weighted by molar-refractivity contribution is -0.117. The molecule has 0 spiro atoms. The maximum Gasteiger partial charge on any atom is 0.257 e. The highest BCUT2D eigenvalue weighted by molar-refractivity contribution is 6.17. The summed E-state index contributed by atoms with van der Waals surface area (Å²) in [6.45, 7) is 0.730. The first-order chi connectivity index (χ1) is 15.1. The number of pyridine rings is 1. The van der Waals surface area contributed by atoms with Crippen molar-refractivity contribution in [2.24, 2.45) is 0 Å². The summed E-state index contributed by atoms with van der Waals surface area (Å²) in [7, 11) is 2.14. The van der Waals surface area contributed by atoms with E-state index < -0.39 is 0 Å². The van der Waals surface area contributed by atoms with Gasteiger partial charge in [-0.05, 0) is 44.2 Å². The summed E-state index contributed by atoms with van der Waals surface area (Å²) in [4.78, 5) is 34.1. The zero-order valence-electron chi connectivity index (χ0n) is 17.9. The van der Waals surface area contributed by atoms with Gasteiger partial charge >= 0.3 is 0 Å². The number of carbonyl (C=O) groups is 2. The SMILES string of the molecule is CN(CC#CCCC(=O)N1c2ccccc2C(=O)Nc2cccnc21)C1CCCCC1. The summed E-state index contributed by atoms with van der Waals surface area (Å²) in [5, 5.41) is 2.85. The van der Waals surface area contributed by atoms with E-state index >= 15 is 0 Å². The quantitative estimate of drug-likeness (QED) is 0.752. The second-order valence-electron chi connectivity index (χ2n) is 8.14.